The van der Waals surface area contributed by atoms with Crippen LogP contribution in [0.15, 0.2) is 54.6 Å². The van der Waals surface area contributed by atoms with Crippen molar-refractivity contribution in [1.29, 1.82) is 0 Å². The number of nitrogens with zero attached hydrogens (tertiary/aromatic N) is 8. The molecule has 6 N–H and O–H groups in total. The number of aromatic nitrogens is 8. The molecule has 0 saturated carbocycles. The highest BCUT2D eigenvalue weighted by Crippen LogP contribution is 2.37. The van der Waals surface area contributed by atoms with Gasteiger partial charge in [-0.05, 0) is 88.3 Å². The molecule has 0 saturated heterocycles. The van der Waals surface area contributed by atoms with Gasteiger partial charge in [0.15, 0.2) is 8.32 Å². The number of fused-ring (bicyclic) bond motifs is 2. The van der Waals surface area contributed by atoms with Gasteiger partial charge in [0.1, 0.15) is 22.7 Å². The van der Waals surface area contributed by atoms with Crippen LogP contribution in [0.25, 0.3) is 22.1 Å². The predicted octanol–water partition coefficient (Wildman–Crippen LogP) is 6.19. The van der Waals surface area contributed by atoms with Crippen LogP contribution in [0.3, 0.4) is 0 Å². The second-order valence-electron chi connectivity index (χ2n) is 16.5. The Kier molecular flexibility index (Phi) is 13.2. The lowest BCUT2D eigenvalue weighted by atomic mass is 10.1. The number of hydrogen-bond donors (Lipinski definition) is 4. The second-order valence-corrected chi connectivity index (χ2v) is 21.3. The van der Waals surface area contributed by atoms with E-state index in [1.165, 1.54) is 0 Å². The van der Waals surface area contributed by atoms with Gasteiger partial charge in [-0.25, -0.2) is 9.97 Å². The average Bonchev–Trinajstić information content (AvgIpc) is 3.97. The normalized spacial score (nSPS) is 12.1. The summed E-state index contributed by atoms with van der Waals surface area (Å²) in [6, 6.07) is 11.5. The number of rotatable bonds is 18. The summed E-state index contributed by atoms with van der Waals surface area (Å²) in [5, 5.41) is 14.8. The van der Waals surface area contributed by atoms with Crippen molar-refractivity contribution < 1.29 is 28.3 Å². The SMILES string of the molecule is CCn1nc(C)cc1C(=O)Nc1nc2cc(C(N)=O)ccc2n1C/C=C/Cn1c(NC(=O)c2cc(C)nn2CC)nc2cc(C(N)=O)cc(OCCCO[Si](C)(C)C(C)(C)C)c21. The predicted molar refractivity (Wildman–Crippen MR) is 240 cm³/mol. The first kappa shape index (κ1) is 44.9. The number of carbonyl (C=O) groups is 4. The van der Waals surface area contributed by atoms with Crippen molar-refractivity contribution in [3.05, 3.63) is 88.5 Å². The quantitative estimate of drug-likeness (QED) is 0.0435. The Balaban J connectivity index is 1.35. The number of primary amides is 2. The molecule has 0 bridgehead atoms. The monoisotopic (exact) mass is 864 g/mol. The van der Waals surface area contributed by atoms with Gasteiger partial charge in [0.25, 0.3) is 11.8 Å². The summed E-state index contributed by atoms with van der Waals surface area (Å²) in [6.07, 6.45) is 4.34. The highest BCUT2D eigenvalue weighted by atomic mass is 28.4. The van der Waals surface area contributed by atoms with Crippen molar-refractivity contribution in [3.63, 3.8) is 0 Å². The topological polar surface area (TPSA) is 234 Å². The Morgan fingerprint density at radius 1 is 0.742 bits per heavy atom. The molecule has 62 heavy (non-hydrogen) atoms. The van der Waals surface area contributed by atoms with Gasteiger partial charge in [-0.1, -0.05) is 32.9 Å². The summed E-state index contributed by atoms with van der Waals surface area (Å²) < 4.78 is 19.5. The number of nitrogens with two attached hydrogens (primary N) is 2. The van der Waals surface area contributed by atoms with E-state index in [9.17, 15) is 19.2 Å². The standard InChI is InChI=1S/C43H56N12O6Si/c1-10-54-33(21-26(3)50-54)39(58)48-41-46-30-23-28(37(44)56)15-16-32(30)52(41)17-12-13-18-53-36-31(47-42(53)49-40(59)34-22-27(4)51-55(34)11-2)24-29(38(45)57)25-35(36)60-19-14-20-61-62(8,9)43(5,6)7/h12-13,15-16,21-25H,10-11,14,17-20H2,1-9H3,(H2,44,56)(H2,45,57)(H,46,48,58)(H,47,49,59)/b13-12+. The maximum Gasteiger partial charge on any atom is 0.276 e. The largest absolute Gasteiger partial charge is 0.491 e. The number of ether oxygens (including phenoxy) is 1. The minimum atomic E-state index is -1.98. The van der Waals surface area contributed by atoms with Crippen LogP contribution in [0.1, 0.15) is 94.1 Å². The fourth-order valence-electron chi connectivity index (χ4n) is 6.73. The average molecular weight is 865 g/mol. The van der Waals surface area contributed by atoms with Crippen molar-refractivity contribution in [3.8, 4) is 5.75 Å². The molecule has 18 nitrogen and oxygen atoms in total. The zero-order valence-electron chi connectivity index (χ0n) is 36.8. The fourth-order valence-corrected chi connectivity index (χ4v) is 7.82. The Morgan fingerprint density at radius 2 is 1.27 bits per heavy atom. The molecule has 0 aliphatic carbocycles. The van der Waals surface area contributed by atoms with Crippen molar-refractivity contribution in [2.75, 3.05) is 23.8 Å². The number of hydrogen-bond acceptors (Lipinski definition) is 10. The zero-order valence-corrected chi connectivity index (χ0v) is 37.8. The summed E-state index contributed by atoms with van der Waals surface area (Å²) >= 11 is 0. The maximum absolute atomic E-state index is 13.8. The van der Waals surface area contributed by atoms with E-state index in [0.717, 1.165) is 0 Å². The van der Waals surface area contributed by atoms with Gasteiger partial charge in [0.2, 0.25) is 23.7 Å². The van der Waals surface area contributed by atoms with Crippen molar-refractivity contribution in [1.82, 2.24) is 38.7 Å². The summed E-state index contributed by atoms with van der Waals surface area (Å²) in [5.74, 6) is -1.29. The van der Waals surface area contributed by atoms with E-state index in [2.05, 4.69) is 59.7 Å². The van der Waals surface area contributed by atoms with Crippen molar-refractivity contribution >= 4 is 65.9 Å². The number of carbonyl (C=O) groups excluding carboxylic acids is 4. The smallest absolute Gasteiger partial charge is 0.276 e. The first-order valence-corrected chi connectivity index (χ1v) is 23.5. The van der Waals surface area contributed by atoms with Crippen LogP contribution >= 0.6 is 0 Å². The number of nitrogens with one attached hydrogen (secondary N) is 2. The first-order chi connectivity index (χ1) is 29.3. The second kappa shape index (κ2) is 18.2. The van der Waals surface area contributed by atoms with Gasteiger partial charge < -0.3 is 29.8 Å². The van der Waals surface area contributed by atoms with Crippen molar-refractivity contribution in [2.24, 2.45) is 11.5 Å². The Morgan fingerprint density at radius 3 is 1.82 bits per heavy atom. The van der Waals surface area contributed by atoms with Crippen LogP contribution in [0.5, 0.6) is 5.75 Å². The molecule has 328 valence electrons. The molecule has 0 unspecified atom stereocenters. The van der Waals surface area contributed by atoms with Gasteiger partial charge in [-0.15, -0.1) is 0 Å². The lowest BCUT2D eigenvalue weighted by molar-refractivity contribution is 0.0992. The number of amides is 4. The van der Waals surface area contributed by atoms with Crippen molar-refractivity contribution in [2.45, 2.75) is 99.2 Å². The van der Waals surface area contributed by atoms with Gasteiger partial charge in [0, 0.05) is 50.3 Å². The molecular formula is C43H56N12O6Si. The van der Waals surface area contributed by atoms with Crippen LogP contribution in [-0.2, 0) is 30.6 Å². The van der Waals surface area contributed by atoms with E-state index < -0.39 is 31.9 Å². The van der Waals surface area contributed by atoms with E-state index in [1.54, 1.807) is 61.0 Å². The summed E-state index contributed by atoms with van der Waals surface area (Å²) in [5.41, 5.74) is 16.0. The highest BCUT2D eigenvalue weighted by Gasteiger charge is 2.37. The fraction of sp³-hybridized carbons (Fsp3) is 0.395. The van der Waals surface area contributed by atoms with Crippen LogP contribution in [0, 0.1) is 13.8 Å². The molecule has 2 aromatic carbocycles. The first-order valence-electron chi connectivity index (χ1n) is 20.6. The van der Waals surface area contributed by atoms with E-state index in [4.69, 9.17) is 25.6 Å². The van der Waals surface area contributed by atoms with Crippen LogP contribution in [0.2, 0.25) is 18.1 Å². The molecule has 0 aliphatic rings. The number of aryl methyl sites for hydroxylation is 4. The third kappa shape index (κ3) is 9.63. The van der Waals surface area contributed by atoms with Crippen LogP contribution in [-0.4, -0.2) is 83.8 Å². The van der Waals surface area contributed by atoms with E-state index >= 15 is 0 Å². The molecule has 0 spiro atoms. The third-order valence-electron chi connectivity index (χ3n) is 11.0. The van der Waals surface area contributed by atoms with E-state index in [1.807, 2.05) is 39.8 Å². The minimum absolute atomic E-state index is 0.0532. The molecule has 0 fully saturated rings. The van der Waals surface area contributed by atoms with Gasteiger partial charge in [-0.2, -0.15) is 10.2 Å². The number of benzene rings is 2. The zero-order chi connectivity index (χ0) is 45.1. The van der Waals surface area contributed by atoms with Crippen LogP contribution in [0.4, 0.5) is 11.9 Å². The molecule has 6 rings (SSSR count). The molecule has 4 heterocycles. The van der Waals surface area contributed by atoms with Gasteiger partial charge >= 0.3 is 0 Å². The third-order valence-corrected chi connectivity index (χ3v) is 15.5. The molecule has 6 aromatic rings. The number of imidazole rings is 2. The molecule has 19 heteroatoms. The number of allylic oxidation sites excluding steroid dienone is 2. The summed E-state index contributed by atoms with van der Waals surface area (Å²) in [7, 11) is -1.98. The lowest BCUT2D eigenvalue weighted by Crippen LogP contribution is -2.41. The molecule has 4 aromatic heterocycles. The molecule has 4 amide bonds. The molecular weight excluding hydrogens is 809 g/mol. The lowest BCUT2D eigenvalue weighted by Gasteiger charge is -2.36. The molecule has 0 aliphatic heterocycles. The minimum Gasteiger partial charge on any atom is -0.491 e. The highest BCUT2D eigenvalue weighted by molar-refractivity contribution is 6.74. The summed E-state index contributed by atoms with van der Waals surface area (Å²) in [4.78, 5) is 61.4. The van der Waals surface area contributed by atoms with Gasteiger partial charge in [0.05, 0.1) is 34.5 Å². The van der Waals surface area contributed by atoms with E-state index in [-0.39, 0.29) is 47.8 Å². The van der Waals surface area contributed by atoms with Crippen LogP contribution < -0.4 is 26.8 Å². The maximum atomic E-state index is 13.8. The Labute approximate surface area is 360 Å². The number of anilines is 2. The Bertz CT molecular complexity index is 2700. The molecule has 0 atom stereocenters. The van der Waals surface area contributed by atoms with Gasteiger partial charge in [-0.3, -0.25) is 39.2 Å². The molecule has 0 radical (unpaired) electrons. The van der Waals surface area contributed by atoms with E-state index in [0.29, 0.717) is 76.7 Å². The Hall–Kier alpha value is -6.60. The summed E-state index contributed by atoms with van der Waals surface area (Å²) in [6.45, 7) is 20.5.